The first-order valence-electron chi connectivity index (χ1n) is 9.83. The van der Waals surface area contributed by atoms with Gasteiger partial charge in [0.15, 0.2) is 5.16 Å². The molecule has 0 aliphatic heterocycles. The first-order chi connectivity index (χ1) is 14.3. The van der Waals surface area contributed by atoms with Crippen LogP contribution in [0.5, 0.6) is 0 Å². The number of benzene rings is 1. The minimum Gasteiger partial charge on any atom is -0.480 e. The van der Waals surface area contributed by atoms with Gasteiger partial charge in [-0.25, -0.2) is 0 Å². The number of carbonyl (C=O) groups excluding carboxylic acids is 1. The number of aryl methyl sites for hydroxylation is 1. The van der Waals surface area contributed by atoms with Crippen molar-refractivity contribution in [3.63, 3.8) is 0 Å². The average Bonchev–Trinajstić information content (AvgIpc) is 3.05. The number of carboxylic acid groups (broad SMARTS) is 1. The summed E-state index contributed by atoms with van der Waals surface area (Å²) in [6.07, 6.45) is 3.29. The molecular formula is C20H26Cl2N4O3S. The summed E-state index contributed by atoms with van der Waals surface area (Å²) < 4.78 is 1.55. The Balaban J connectivity index is 1.97. The van der Waals surface area contributed by atoms with Crippen LogP contribution in [0.2, 0.25) is 10.0 Å². The molecule has 0 spiro atoms. The Labute approximate surface area is 190 Å². The molecule has 2 N–H and O–H groups in total. The smallest absolute Gasteiger partial charge is 0.323 e. The van der Waals surface area contributed by atoms with E-state index in [1.54, 1.807) is 16.7 Å². The largest absolute Gasteiger partial charge is 0.480 e. The van der Waals surface area contributed by atoms with Gasteiger partial charge in [0.05, 0.1) is 5.75 Å². The molecule has 0 radical (unpaired) electrons. The van der Waals surface area contributed by atoms with Crippen molar-refractivity contribution in [2.75, 3.05) is 12.3 Å². The average molecular weight is 473 g/mol. The zero-order valence-electron chi connectivity index (χ0n) is 17.0. The van der Waals surface area contributed by atoms with E-state index in [1.165, 1.54) is 11.8 Å². The monoisotopic (exact) mass is 472 g/mol. The second-order valence-corrected chi connectivity index (χ2v) is 8.66. The zero-order chi connectivity index (χ0) is 22.1. The lowest BCUT2D eigenvalue weighted by Crippen LogP contribution is -2.30. The molecule has 2 rings (SSSR count). The number of carboxylic acids is 1. The number of aromatic nitrogens is 3. The third-order valence-corrected chi connectivity index (χ3v) is 6.01. The summed E-state index contributed by atoms with van der Waals surface area (Å²) >= 11 is 13.5. The molecule has 0 saturated heterocycles. The van der Waals surface area contributed by atoms with Crippen molar-refractivity contribution in [3.05, 3.63) is 39.6 Å². The maximum absolute atomic E-state index is 12.4. The fourth-order valence-corrected chi connectivity index (χ4v) is 4.44. The summed E-state index contributed by atoms with van der Waals surface area (Å²) in [6.45, 7) is 4.30. The van der Waals surface area contributed by atoms with Crippen molar-refractivity contribution >= 4 is 46.8 Å². The summed E-state index contributed by atoms with van der Waals surface area (Å²) in [4.78, 5) is 23.6. The van der Waals surface area contributed by atoms with Crippen LogP contribution in [0.3, 0.4) is 0 Å². The van der Waals surface area contributed by atoms with E-state index >= 15 is 0 Å². The Morgan fingerprint density at radius 1 is 1.23 bits per heavy atom. The molecule has 0 bridgehead atoms. The Kier molecular flexibility index (Phi) is 9.94. The number of rotatable bonds is 12. The molecule has 164 valence electrons. The second-order valence-electron chi connectivity index (χ2n) is 6.87. The summed E-state index contributed by atoms with van der Waals surface area (Å²) in [5, 5.41) is 21.8. The number of aliphatic carboxylic acids is 1. The summed E-state index contributed by atoms with van der Waals surface area (Å²) in [5.41, 5.74) is 0.960. The maximum atomic E-state index is 12.4. The molecule has 0 fully saturated rings. The fourth-order valence-electron chi connectivity index (χ4n) is 3.10. The van der Waals surface area contributed by atoms with Gasteiger partial charge in [-0.05, 0) is 30.5 Å². The van der Waals surface area contributed by atoms with E-state index < -0.39 is 5.97 Å². The molecule has 10 heteroatoms. The van der Waals surface area contributed by atoms with Gasteiger partial charge in [-0.2, -0.15) is 0 Å². The van der Waals surface area contributed by atoms with E-state index in [-0.39, 0.29) is 24.1 Å². The molecule has 0 unspecified atom stereocenters. The van der Waals surface area contributed by atoms with E-state index in [2.05, 4.69) is 22.4 Å². The van der Waals surface area contributed by atoms with E-state index in [9.17, 15) is 9.59 Å². The first-order valence-corrected chi connectivity index (χ1v) is 11.6. The van der Waals surface area contributed by atoms with Crippen LogP contribution in [0.1, 0.15) is 50.4 Å². The number of hydrogen-bond donors (Lipinski definition) is 2. The van der Waals surface area contributed by atoms with Crippen molar-refractivity contribution in [3.8, 4) is 0 Å². The summed E-state index contributed by atoms with van der Waals surface area (Å²) in [7, 11) is 0. The molecule has 7 nitrogen and oxygen atoms in total. The lowest BCUT2D eigenvalue weighted by atomic mass is 9.94. The molecular weight excluding hydrogens is 447 g/mol. The van der Waals surface area contributed by atoms with Gasteiger partial charge in [-0.3, -0.25) is 14.2 Å². The Hall–Kier alpha value is -1.77. The van der Waals surface area contributed by atoms with Crippen LogP contribution in [0, 0.1) is 0 Å². The van der Waals surface area contributed by atoms with Crippen molar-refractivity contribution in [2.45, 2.75) is 57.1 Å². The highest BCUT2D eigenvalue weighted by Gasteiger charge is 2.18. The third kappa shape index (κ3) is 7.18. The number of nitrogens with zero attached hydrogens (tertiary/aromatic N) is 3. The van der Waals surface area contributed by atoms with E-state index in [1.807, 2.05) is 13.0 Å². The highest BCUT2D eigenvalue weighted by molar-refractivity contribution is 7.99. The topological polar surface area (TPSA) is 97.1 Å². The number of nitrogens with one attached hydrogen (secondary N) is 1. The predicted molar refractivity (Wildman–Crippen MR) is 119 cm³/mol. The van der Waals surface area contributed by atoms with Gasteiger partial charge in [0.2, 0.25) is 5.91 Å². The zero-order valence-corrected chi connectivity index (χ0v) is 19.4. The molecule has 30 heavy (non-hydrogen) atoms. The van der Waals surface area contributed by atoms with Crippen LogP contribution >= 0.6 is 35.0 Å². The molecule has 1 aromatic carbocycles. The molecule has 2 aromatic rings. The summed E-state index contributed by atoms with van der Waals surface area (Å²) in [6, 6.07) is 5.41. The standard InChI is InChI=1S/C20H26Cl2N4O3S/c1-3-5-13(15-8-7-14(21)9-16(15)22)10-23-18(27)12-30-20-25-24-17(6-4-2)26(20)11-19(28)29/h7-9,13H,3-6,10-12H2,1-2H3,(H,23,27)(H,28,29)/t13-/m0/s1. The van der Waals surface area contributed by atoms with Crippen molar-refractivity contribution in [2.24, 2.45) is 0 Å². The molecule has 0 aliphatic rings. The van der Waals surface area contributed by atoms with Gasteiger partial charge in [-0.15, -0.1) is 10.2 Å². The van der Waals surface area contributed by atoms with E-state index in [0.29, 0.717) is 34.0 Å². The minimum absolute atomic E-state index is 0.0838. The van der Waals surface area contributed by atoms with Crippen molar-refractivity contribution < 1.29 is 14.7 Å². The van der Waals surface area contributed by atoms with Crippen LogP contribution in [0.4, 0.5) is 0 Å². The van der Waals surface area contributed by atoms with Crippen molar-refractivity contribution in [1.29, 1.82) is 0 Å². The number of halogens is 2. The third-order valence-electron chi connectivity index (χ3n) is 4.48. The van der Waals surface area contributed by atoms with Crippen molar-refractivity contribution in [1.82, 2.24) is 20.1 Å². The normalized spacial score (nSPS) is 12.0. The van der Waals surface area contributed by atoms with Gasteiger partial charge in [0.25, 0.3) is 0 Å². The predicted octanol–water partition coefficient (Wildman–Crippen LogP) is 4.41. The fraction of sp³-hybridized carbons (Fsp3) is 0.500. The van der Waals surface area contributed by atoms with Crippen LogP contribution in [0.15, 0.2) is 23.4 Å². The second kappa shape index (κ2) is 12.2. The maximum Gasteiger partial charge on any atom is 0.323 e. The number of amides is 1. The minimum atomic E-state index is -0.972. The number of carbonyl (C=O) groups is 2. The lowest BCUT2D eigenvalue weighted by molar-refractivity contribution is -0.137. The highest BCUT2D eigenvalue weighted by atomic mass is 35.5. The number of hydrogen-bond acceptors (Lipinski definition) is 5. The van der Waals surface area contributed by atoms with E-state index in [4.69, 9.17) is 28.3 Å². The van der Waals surface area contributed by atoms with Crippen LogP contribution in [-0.4, -0.2) is 44.0 Å². The Bertz CT molecular complexity index is 876. The van der Waals surface area contributed by atoms with Crippen LogP contribution in [0.25, 0.3) is 0 Å². The van der Waals surface area contributed by atoms with Gasteiger partial charge < -0.3 is 10.4 Å². The molecule has 1 aromatic heterocycles. The van der Waals surface area contributed by atoms with E-state index in [0.717, 1.165) is 24.8 Å². The lowest BCUT2D eigenvalue weighted by Gasteiger charge is -2.19. The molecule has 1 amide bonds. The quantitative estimate of drug-likeness (QED) is 0.443. The Morgan fingerprint density at radius 3 is 2.63 bits per heavy atom. The SMILES string of the molecule is CCCc1nnc(SCC(=O)NC[C@H](CCC)c2ccc(Cl)cc2Cl)n1CC(=O)O. The molecule has 0 aliphatic carbocycles. The van der Waals surface area contributed by atoms with Gasteiger partial charge in [-0.1, -0.05) is 61.3 Å². The molecule has 0 saturated carbocycles. The summed E-state index contributed by atoms with van der Waals surface area (Å²) in [5.74, 6) is -0.311. The molecule has 1 atom stereocenters. The Morgan fingerprint density at radius 2 is 2.00 bits per heavy atom. The number of thioether (sulfide) groups is 1. The highest BCUT2D eigenvalue weighted by Crippen LogP contribution is 2.30. The van der Waals surface area contributed by atoms with Crippen LogP contribution in [-0.2, 0) is 22.6 Å². The first kappa shape index (κ1) is 24.5. The van der Waals surface area contributed by atoms with Gasteiger partial charge >= 0.3 is 5.97 Å². The van der Waals surface area contributed by atoms with Gasteiger partial charge in [0.1, 0.15) is 12.4 Å². The van der Waals surface area contributed by atoms with Crippen LogP contribution < -0.4 is 5.32 Å². The molecule has 1 heterocycles. The van der Waals surface area contributed by atoms with Gasteiger partial charge in [0, 0.05) is 28.9 Å².